The van der Waals surface area contributed by atoms with Crippen molar-refractivity contribution in [2.75, 3.05) is 0 Å². The average molecular weight is 270 g/mol. The van der Waals surface area contributed by atoms with E-state index in [0.717, 1.165) is 6.42 Å². The minimum Gasteiger partial charge on any atom is -0.264 e. The zero-order chi connectivity index (χ0) is 11.3. The highest BCUT2D eigenvalue weighted by Crippen LogP contribution is 2.29. The molecular weight excluding hydrogens is 250 g/mol. The van der Waals surface area contributed by atoms with Crippen LogP contribution < -0.4 is 0 Å². The van der Waals surface area contributed by atoms with Crippen LogP contribution in [0.5, 0.6) is 0 Å². The maximum absolute atomic E-state index is 4.12. The average Bonchev–Trinajstić information content (AvgIpc) is 2.18. The highest BCUT2D eigenvalue weighted by Gasteiger charge is 2.20. The lowest BCUT2D eigenvalue weighted by Crippen LogP contribution is -2.20. The summed E-state index contributed by atoms with van der Waals surface area (Å²) in [6, 6.07) is 4.15. The molecule has 2 heteroatoms. The van der Waals surface area contributed by atoms with E-state index >= 15 is 0 Å². The van der Waals surface area contributed by atoms with Gasteiger partial charge in [0.15, 0.2) is 0 Å². The summed E-state index contributed by atoms with van der Waals surface area (Å²) in [5.41, 5.74) is 1.70. The summed E-state index contributed by atoms with van der Waals surface area (Å²) in [5.74, 6) is 0. The van der Waals surface area contributed by atoms with Gasteiger partial charge in [-0.05, 0) is 36.3 Å². The normalized spacial score (nSPS) is 13.9. The molecule has 1 heterocycles. The standard InChI is InChI=1S/C13H20BrN/c1-13(2,3)12(14)8-4-6-11-7-5-9-15-10-11/h5,7,9-10,12H,4,6,8H2,1-3H3. The van der Waals surface area contributed by atoms with Crippen molar-refractivity contribution in [1.29, 1.82) is 0 Å². The van der Waals surface area contributed by atoms with Gasteiger partial charge in [-0.2, -0.15) is 0 Å². The molecule has 0 amide bonds. The fourth-order valence-electron chi connectivity index (χ4n) is 1.46. The molecule has 15 heavy (non-hydrogen) atoms. The predicted octanol–water partition coefficient (Wildman–Crippen LogP) is 4.21. The molecule has 0 radical (unpaired) electrons. The third kappa shape index (κ3) is 4.78. The largest absolute Gasteiger partial charge is 0.264 e. The second kappa shape index (κ2) is 5.64. The monoisotopic (exact) mass is 269 g/mol. The number of aryl methyl sites for hydroxylation is 1. The van der Waals surface area contributed by atoms with Crippen molar-refractivity contribution in [1.82, 2.24) is 4.98 Å². The van der Waals surface area contributed by atoms with Crippen LogP contribution in [0.4, 0.5) is 0 Å². The van der Waals surface area contributed by atoms with Crippen LogP contribution >= 0.6 is 15.9 Å². The number of hydrogen-bond acceptors (Lipinski definition) is 1. The molecule has 0 spiro atoms. The van der Waals surface area contributed by atoms with Crippen LogP contribution in [0.1, 0.15) is 39.2 Å². The Kier molecular flexibility index (Phi) is 4.78. The molecule has 0 aliphatic carbocycles. The number of alkyl halides is 1. The van der Waals surface area contributed by atoms with Gasteiger partial charge in [-0.1, -0.05) is 42.8 Å². The van der Waals surface area contributed by atoms with E-state index < -0.39 is 0 Å². The van der Waals surface area contributed by atoms with Crippen LogP contribution in [-0.4, -0.2) is 9.81 Å². The smallest absolute Gasteiger partial charge is 0.0299 e. The van der Waals surface area contributed by atoms with Crippen LogP contribution in [0.2, 0.25) is 0 Å². The maximum atomic E-state index is 4.12. The molecule has 1 rings (SSSR count). The fraction of sp³-hybridized carbons (Fsp3) is 0.615. The third-order valence-electron chi connectivity index (χ3n) is 2.59. The van der Waals surface area contributed by atoms with Gasteiger partial charge in [0.1, 0.15) is 0 Å². The van der Waals surface area contributed by atoms with Crippen LogP contribution in [0, 0.1) is 5.41 Å². The molecule has 1 nitrogen and oxygen atoms in total. The fourth-order valence-corrected chi connectivity index (χ4v) is 1.79. The third-order valence-corrected chi connectivity index (χ3v) is 4.42. The van der Waals surface area contributed by atoms with Gasteiger partial charge in [0, 0.05) is 17.2 Å². The van der Waals surface area contributed by atoms with E-state index in [2.05, 4.69) is 47.8 Å². The topological polar surface area (TPSA) is 12.9 Å². The van der Waals surface area contributed by atoms with Gasteiger partial charge in [-0.25, -0.2) is 0 Å². The van der Waals surface area contributed by atoms with E-state index in [1.54, 1.807) is 0 Å². The molecule has 84 valence electrons. The minimum absolute atomic E-state index is 0.356. The van der Waals surface area contributed by atoms with E-state index in [0.29, 0.717) is 10.2 Å². The van der Waals surface area contributed by atoms with Gasteiger partial charge in [0.25, 0.3) is 0 Å². The molecule has 1 aromatic heterocycles. The van der Waals surface area contributed by atoms with Gasteiger partial charge in [-0.15, -0.1) is 0 Å². The van der Waals surface area contributed by atoms with Gasteiger partial charge < -0.3 is 0 Å². The van der Waals surface area contributed by atoms with E-state index in [1.165, 1.54) is 18.4 Å². The zero-order valence-corrected chi connectivity index (χ0v) is 11.4. The number of hydrogen-bond donors (Lipinski definition) is 0. The summed E-state index contributed by atoms with van der Waals surface area (Å²) in [6.45, 7) is 6.82. The van der Waals surface area contributed by atoms with Crippen molar-refractivity contribution in [2.24, 2.45) is 5.41 Å². The Bertz CT molecular complexity index is 276. The Morgan fingerprint density at radius 2 is 2.13 bits per heavy atom. The molecular formula is C13H20BrN. The van der Waals surface area contributed by atoms with E-state index in [4.69, 9.17) is 0 Å². The molecule has 1 unspecified atom stereocenters. The van der Waals surface area contributed by atoms with Gasteiger partial charge in [-0.3, -0.25) is 4.98 Å². The molecule has 1 aromatic rings. The SMILES string of the molecule is CC(C)(C)C(Br)CCCc1cccnc1. The van der Waals surface area contributed by atoms with Gasteiger partial charge >= 0.3 is 0 Å². The Morgan fingerprint density at radius 3 is 2.67 bits per heavy atom. The van der Waals surface area contributed by atoms with E-state index in [1.807, 2.05) is 18.5 Å². The number of nitrogens with zero attached hydrogens (tertiary/aromatic N) is 1. The molecule has 0 aromatic carbocycles. The van der Waals surface area contributed by atoms with Crippen LogP contribution in [-0.2, 0) is 6.42 Å². The Morgan fingerprint density at radius 1 is 1.40 bits per heavy atom. The lowest BCUT2D eigenvalue weighted by Gasteiger charge is -2.25. The molecule has 0 saturated carbocycles. The first-order valence-corrected chi connectivity index (χ1v) is 6.44. The Hall–Kier alpha value is -0.370. The second-order valence-corrected chi connectivity index (χ2v) is 6.19. The molecule has 0 bridgehead atoms. The Balaban J connectivity index is 2.28. The zero-order valence-electron chi connectivity index (χ0n) is 9.83. The van der Waals surface area contributed by atoms with Crippen LogP contribution in [0.3, 0.4) is 0 Å². The van der Waals surface area contributed by atoms with Crippen LogP contribution in [0.15, 0.2) is 24.5 Å². The predicted molar refractivity (Wildman–Crippen MR) is 69.3 cm³/mol. The van der Waals surface area contributed by atoms with E-state index in [-0.39, 0.29) is 0 Å². The summed E-state index contributed by atoms with van der Waals surface area (Å²) in [4.78, 5) is 4.72. The first-order valence-electron chi connectivity index (χ1n) is 5.53. The number of pyridine rings is 1. The quantitative estimate of drug-likeness (QED) is 0.747. The molecule has 0 aliphatic rings. The van der Waals surface area contributed by atoms with Crippen molar-refractivity contribution in [3.63, 3.8) is 0 Å². The molecule has 1 atom stereocenters. The molecule has 0 fully saturated rings. The second-order valence-electron chi connectivity index (χ2n) is 5.09. The first-order chi connectivity index (χ1) is 7.00. The number of halogens is 1. The summed E-state index contributed by atoms with van der Waals surface area (Å²) in [5, 5.41) is 0. The van der Waals surface area contributed by atoms with Gasteiger partial charge in [0.05, 0.1) is 0 Å². The maximum Gasteiger partial charge on any atom is 0.0299 e. The van der Waals surface area contributed by atoms with Crippen molar-refractivity contribution >= 4 is 15.9 Å². The minimum atomic E-state index is 0.356. The highest BCUT2D eigenvalue weighted by molar-refractivity contribution is 9.09. The van der Waals surface area contributed by atoms with Crippen molar-refractivity contribution < 1.29 is 0 Å². The summed E-state index contributed by atoms with van der Waals surface area (Å²) >= 11 is 3.76. The van der Waals surface area contributed by atoms with Crippen molar-refractivity contribution in [3.05, 3.63) is 30.1 Å². The molecule has 0 N–H and O–H groups in total. The number of aromatic nitrogens is 1. The van der Waals surface area contributed by atoms with Crippen LogP contribution in [0.25, 0.3) is 0 Å². The van der Waals surface area contributed by atoms with Gasteiger partial charge in [0.2, 0.25) is 0 Å². The molecule has 0 aliphatic heterocycles. The summed E-state index contributed by atoms with van der Waals surface area (Å²) in [7, 11) is 0. The lowest BCUT2D eigenvalue weighted by molar-refractivity contribution is 0.380. The summed E-state index contributed by atoms with van der Waals surface area (Å²) in [6.07, 6.45) is 7.36. The molecule has 0 saturated heterocycles. The van der Waals surface area contributed by atoms with Crippen molar-refractivity contribution in [3.8, 4) is 0 Å². The number of rotatable bonds is 4. The van der Waals surface area contributed by atoms with E-state index in [9.17, 15) is 0 Å². The van der Waals surface area contributed by atoms with Crippen molar-refractivity contribution in [2.45, 2.75) is 44.9 Å². The summed E-state index contributed by atoms with van der Waals surface area (Å²) < 4.78 is 0. The highest BCUT2D eigenvalue weighted by atomic mass is 79.9. The lowest BCUT2D eigenvalue weighted by atomic mass is 9.89. The Labute approximate surface area is 101 Å². The first kappa shape index (κ1) is 12.7.